The molecule has 1 aromatic heterocycles. The number of hydrogen-bond donors (Lipinski definition) is 1. The van der Waals surface area contributed by atoms with Crippen LogP contribution in [0, 0.1) is 0 Å². The molecule has 1 N–H and O–H groups in total. The molecule has 30 heavy (non-hydrogen) atoms. The molecule has 3 heterocycles. The molecule has 0 aliphatic carbocycles. The van der Waals surface area contributed by atoms with Crippen LogP contribution in [0.4, 0.5) is 0 Å². The Bertz CT molecular complexity index is 810. The van der Waals surface area contributed by atoms with Gasteiger partial charge in [-0.15, -0.1) is 0 Å². The number of furan rings is 1. The first-order chi connectivity index (χ1) is 14.3. The van der Waals surface area contributed by atoms with Crippen molar-refractivity contribution >= 4 is 22.0 Å². The summed E-state index contributed by atoms with van der Waals surface area (Å²) in [5.74, 6) is -0.103. The van der Waals surface area contributed by atoms with Crippen molar-refractivity contribution in [2.24, 2.45) is 0 Å². The first-order valence-corrected chi connectivity index (χ1v) is 11.7. The molecule has 11 heteroatoms. The molecule has 2 fully saturated rings. The van der Waals surface area contributed by atoms with E-state index in [-0.39, 0.29) is 42.9 Å². The van der Waals surface area contributed by atoms with Gasteiger partial charge in [-0.05, 0) is 32.4 Å². The highest BCUT2D eigenvalue weighted by Crippen LogP contribution is 2.19. The monoisotopic (exact) mass is 442 g/mol. The van der Waals surface area contributed by atoms with E-state index in [0.29, 0.717) is 45.6 Å². The largest absolute Gasteiger partial charge is 0.459 e. The summed E-state index contributed by atoms with van der Waals surface area (Å²) in [7, 11) is -3.56. The fraction of sp³-hybridized carbons (Fsp3) is 0.684. The Morgan fingerprint density at radius 2 is 1.77 bits per heavy atom. The van der Waals surface area contributed by atoms with E-state index in [0.717, 1.165) is 0 Å². The normalized spacial score (nSPS) is 24.0. The van der Waals surface area contributed by atoms with E-state index in [4.69, 9.17) is 9.15 Å². The topological polar surface area (TPSA) is 112 Å². The fourth-order valence-corrected chi connectivity index (χ4v) is 5.49. The van der Waals surface area contributed by atoms with Crippen LogP contribution in [-0.2, 0) is 19.7 Å². The lowest BCUT2D eigenvalue weighted by molar-refractivity contribution is -0.132. The zero-order chi connectivity index (χ0) is 21.7. The number of nitrogens with zero attached hydrogens (tertiary/aromatic N) is 3. The summed E-state index contributed by atoms with van der Waals surface area (Å²) in [6, 6.07) is 3.21. The molecule has 0 bridgehead atoms. The number of carbonyl (C=O) groups is 2. The summed E-state index contributed by atoms with van der Waals surface area (Å²) in [5, 5.41) is 2.71. The van der Waals surface area contributed by atoms with Crippen LogP contribution in [0.3, 0.4) is 0 Å². The molecule has 10 nitrogen and oxygen atoms in total. The lowest BCUT2D eigenvalue weighted by Crippen LogP contribution is -2.57. The third-order valence-electron chi connectivity index (χ3n) is 5.23. The highest BCUT2D eigenvalue weighted by Gasteiger charge is 2.37. The van der Waals surface area contributed by atoms with Crippen molar-refractivity contribution in [3.8, 4) is 0 Å². The second-order valence-electron chi connectivity index (χ2n) is 7.70. The second kappa shape index (κ2) is 9.90. The summed E-state index contributed by atoms with van der Waals surface area (Å²) in [4.78, 5) is 25.9. The third kappa shape index (κ3) is 5.60. The van der Waals surface area contributed by atoms with Gasteiger partial charge in [0.25, 0.3) is 16.1 Å². The molecule has 0 radical (unpaired) electrons. The first-order valence-electron chi connectivity index (χ1n) is 10.3. The minimum atomic E-state index is -3.56. The molecule has 2 saturated heterocycles. The van der Waals surface area contributed by atoms with Gasteiger partial charge in [0.1, 0.15) is 0 Å². The Morgan fingerprint density at radius 3 is 2.37 bits per heavy atom. The van der Waals surface area contributed by atoms with Crippen molar-refractivity contribution in [2.45, 2.75) is 38.9 Å². The van der Waals surface area contributed by atoms with Crippen molar-refractivity contribution in [3.05, 3.63) is 24.2 Å². The standard InChI is InChI=1S/C19H30N4O6S/c1-15-13-23(14-16(2)29-15)30(26,27)22-10-8-21(9-11-22)18(24)6-3-7-20-19(25)17-5-4-12-28-17/h4-5,12,15-16H,3,6-11,13-14H2,1-2H3,(H,20,25). The van der Waals surface area contributed by atoms with Gasteiger partial charge in [-0.25, -0.2) is 0 Å². The minimum absolute atomic E-state index is 0.0343. The van der Waals surface area contributed by atoms with Crippen LogP contribution in [0.25, 0.3) is 0 Å². The Kier molecular flexibility index (Phi) is 7.50. The van der Waals surface area contributed by atoms with Gasteiger partial charge >= 0.3 is 0 Å². The van der Waals surface area contributed by atoms with Crippen LogP contribution >= 0.6 is 0 Å². The number of hydrogen-bond acceptors (Lipinski definition) is 6. The SMILES string of the molecule is CC1CN(S(=O)(=O)N2CCN(C(=O)CCCNC(=O)c3ccco3)CC2)CC(C)O1. The second-order valence-corrected chi connectivity index (χ2v) is 9.63. The zero-order valence-electron chi connectivity index (χ0n) is 17.5. The highest BCUT2D eigenvalue weighted by atomic mass is 32.2. The van der Waals surface area contributed by atoms with E-state index < -0.39 is 10.2 Å². The average molecular weight is 443 g/mol. The Hall–Kier alpha value is -1.95. The number of piperazine rings is 1. The van der Waals surface area contributed by atoms with Crippen LogP contribution in [0.2, 0.25) is 0 Å². The van der Waals surface area contributed by atoms with Gasteiger partial charge in [-0.2, -0.15) is 17.0 Å². The van der Waals surface area contributed by atoms with Crippen LogP contribution in [0.1, 0.15) is 37.2 Å². The molecule has 2 amide bonds. The molecular weight excluding hydrogens is 412 g/mol. The molecule has 2 unspecified atom stereocenters. The van der Waals surface area contributed by atoms with Crippen molar-refractivity contribution in [2.75, 3.05) is 45.8 Å². The average Bonchev–Trinajstić information content (AvgIpc) is 3.25. The number of morpholine rings is 1. The smallest absolute Gasteiger partial charge is 0.286 e. The van der Waals surface area contributed by atoms with Crippen LogP contribution in [0.15, 0.2) is 22.8 Å². The Labute approximate surface area is 177 Å². The summed E-state index contributed by atoms with van der Waals surface area (Å²) >= 11 is 0. The van der Waals surface area contributed by atoms with Crippen LogP contribution < -0.4 is 5.32 Å². The van der Waals surface area contributed by atoms with E-state index in [2.05, 4.69) is 5.32 Å². The van der Waals surface area contributed by atoms with Crippen molar-refractivity contribution in [3.63, 3.8) is 0 Å². The maximum Gasteiger partial charge on any atom is 0.286 e. The van der Waals surface area contributed by atoms with Crippen molar-refractivity contribution < 1.29 is 27.2 Å². The van der Waals surface area contributed by atoms with Crippen LogP contribution in [0.5, 0.6) is 0 Å². The number of nitrogens with one attached hydrogen (secondary N) is 1. The van der Waals surface area contributed by atoms with E-state index >= 15 is 0 Å². The maximum atomic E-state index is 12.9. The molecule has 2 aliphatic heterocycles. The first kappa shape index (κ1) is 22.7. The molecule has 0 saturated carbocycles. The van der Waals surface area contributed by atoms with E-state index in [1.807, 2.05) is 13.8 Å². The Balaban J connectivity index is 1.40. The Morgan fingerprint density at radius 1 is 1.10 bits per heavy atom. The quantitative estimate of drug-likeness (QED) is 0.608. The van der Waals surface area contributed by atoms with Crippen molar-refractivity contribution in [1.29, 1.82) is 0 Å². The summed E-state index contributed by atoms with van der Waals surface area (Å²) in [6.45, 7) is 6.08. The predicted molar refractivity (Wildman–Crippen MR) is 109 cm³/mol. The maximum absolute atomic E-state index is 12.9. The molecule has 0 spiro atoms. The molecule has 0 aromatic carbocycles. The van der Waals surface area contributed by atoms with Crippen molar-refractivity contribution in [1.82, 2.24) is 18.8 Å². The summed E-state index contributed by atoms with van der Waals surface area (Å²) in [5.41, 5.74) is 0. The summed E-state index contributed by atoms with van der Waals surface area (Å²) < 4.78 is 39.4. The highest BCUT2D eigenvalue weighted by molar-refractivity contribution is 7.86. The molecule has 2 atom stereocenters. The lowest BCUT2D eigenvalue weighted by atomic mass is 10.2. The van der Waals surface area contributed by atoms with Gasteiger partial charge in [0.15, 0.2) is 5.76 Å². The third-order valence-corrected chi connectivity index (χ3v) is 7.20. The molecule has 1 aromatic rings. The summed E-state index contributed by atoms with van der Waals surface area (Å²) in [6.07, 6.45) is 1.95. The number of ether oxygens (including phenoxy) is 1. The number of amides is 2. The van der Waals surface area contributed by atoms with Gasteiger partial charge in [-0.1, -0.05) is 0 Å². The predicted octanol–water partition coefficient (Wildman–Crippen LogP) is 0.288. The van der Waals surface area contributed by atoms with Gasteiger partial charge in [-0.3, -0.25) is 9.59 Å². The van der Waals surface area contributed by atoms with Gasteiger partial charge in [0.2, 0.25) is 5.91 Å². The molecule has 3 rings (SSSR count). The molecule has 2 aliphatic rings. The van der Waals surface area contributed by atoms with Gasteiger partial charge in [0, 0.05) is 52.2 Å². The fourth-order valence-electron chi connectivity index (χ4n) is 3.75. The van der Waals surface area contributed by atoms with Gasteiger partial charge in [0.05, 0.1) is 18.5 Å². The minimum Gasteiger partial charge on any atom is -0.459 e. The van der Waals surface area contributed by atoms with Crippen LogP contribution in [-0.4, -0.2) is 91.8 Å². The van der Waals surface area contributed by atoms with E-state index in [9.17, 15) is 18.0 Å². The molecule has 168 valence electrons. The van der Waals surface area contributed by atoms with Gasteiger partial charge < -0.3 is 19.4 Å². The zero-order valence-corrected chi connectivity index (χ0v) is 18.3. The molecular formula is C19H30N4O6S. The van der Waals surface area contributed by atoms with E-state index in [1.54, 1.807) is 17.0 Å². The lowest BCUT2D eigenvalue weighted by Gasteiger charge is -2.40. The number of rotatable bonds is 7. The van der Waals surface area contributed by atoms with E-state index in [1.165, 1.54) is 14.9 Å². The number of carbonyl (C=O) groups excluding carboxylic acids is 2.